The number of anilines is 1. The third kappa shape index (κ3) is 3.16. The minimum atomic E-state index is -4.48. The topological polar surface area (TPSA) is 57.8 Å². The standard InChI is InChI=1S/C17H15F4N3O/c1-8(2)14(17(19,20)21)24-15-10-5-6-22-16(25)13(10)11-7-9(18)3-4-12(11)23-15/h3-8,14H,1-2H3,(H,22,25)(H,23,24)/t14-/m1/s1. The molecule has 8 heteroatoms. The summed E-state index contributed by atoms with van der Waals surface area (Å²) < 4.78 is 53.4. The number of nitrogens with zero attached hydrogens (tertiary/aromatic N) is 1. The maximum Gasteiger partial charge on any atom is 0.408 e. The van der Waals surface area contributed by atoms with Crippen LogP contribution in [0.4, 0.5) is 23.4 Å². The molecule has 0 amide bonds. The third-order valence-corrected chi connectivity index (χ3v) is 3.99. The van der Waals surface area contributed by atoms with Crippen LogP contribution in [0, 0.1) is 11.7 Å². The summed E-state index contributed by atoms with van der Waals surface area (Å²) in [6.07, 6.45) is -3.16. The van der Waals surface area contributed by atoms with Gasteiger partial charge >= 0.3 is 6.18 Å². The Hall–Kier alpha value is -2.64. The van der Waals surface area contributed by atoms with Crippen LogP contribution in [-0.4, -0.2) is 22.2 Å². The molecular weight excluding hydrogens is 338 g/mol. The Labute approximate surface area is 139 Å². The summed E-state index contributed by atoms with van der Waals surface area (Å²) in [4.78, 5) is 18.9. The Kier molecular flexibility index (Phi) is 4.14. The number of fused-ring (bicyclic) bond motifs is 3. The molecule has 0 saturated heterocycles. The van der Waals surface area contributed by atoms with E-state index in [-0.39, 0.29) is 27.5 Å². The van der Waals surface area contributed by atoms with Crippen molar-refractivity contribution in [1.82, 2.24) is 9.97 Å². The SMILES string of the molecule is CC(C)[C@@H](Nc1nc2ccc(F)cc2c2c(=O)[nH]ccc12)C(F)(F)F. The van der Waals surface area contributed by atoms with Gasteiger partial charge in [-0.05, 0) is 30.2 Å². The maximum absolute atomic E-state index is 13.6. The summed E-state index contributed by atoms with van der Waals surface area (Å²) in [5.41, 5.74) is -0.288. The van der Waals surface area contributed by atoms with Gasteiger partial charge in [0, 0.05) is 17.0 Å². The van der Waals surface area contributed by atoms with Crippen molar-refractivity contribution < 1.29 is 17.6 Å². The first-order chi connectivity index (χ1) is 11.7. The molecule has 0 aliphatic rings. The molecule has 4 nitrogen and oxygen atoms in total. The van der Waals surface area contributed by atoms with Crippen molar-refractivity contribution in [1.29, 1.82) is 0 Å². The zero-order chi connectivity index (χ0) is 18.4. The number of rotatable bonds is 3. The summed E-state index contributed by atoms with van der Waals surface area (Å²) in [5, 5.41) is 2.96. The van der Waals surface area contributed by atoms with Gasteiger partial charge in [0.05, 0.1) is 10.9 Å². The number of hydrogen-bond acceptors (Lipinski definition) is 3. The van der Waals surface area contributed by atoms with Crippen LogP contribution in [-0.2, 0) is 0 Å². The number of nitrogens with one attached hydrogen (secondary N) is 2. The van der Waals surface area contributed by atoms with Crippen LogP contribution in [0.1, 0.15) is 13.8 Å². The number of alkyl halides is 3. The highest BCUT2D eigenvalue weighted by Crippen LogP contribution is 2.32. The van der Waals surface area contributed by atoms with Crippen molar-refractivity contribution in [3.63, 3.8) is 0 Å². The molecule has 3 rings (SSSR count). The van der Waals surface area contributed by atoms with Crippen molar-refractivity contribution in [3.05, 3.63) is 46.6 Å². The van der Waals surface area contributed by atoms with E-state index in [0.29, 0.717) is 0 Å². The highest BCUT2D eigenvalue weighted by atomic mass is 19.4. The molecule has 0 aliphatic carbocycles. The molecule has 3 aromatic rings. The number of H-pyrrole nitrogens is 1. The number of halogens is 4. The minimum absolute atomic E-state index is 0.0590. The van der Waals surface area contributed by atoms with E-state index in [4.69, 9.17) is 0 Å². The second kappa shape index (κ2) is 6.02. The van der Waals surface area contributed by atoms with Gasteiger partial charge in [-0.25, -0.2) is 9.37 Å². The highest BCUT2D eigenvalue weighted by Gasteiger charge is 2.42. The van der Waals surface area contributed by atoms with Crippen LogP contribution in [0.3, 0.4) is 0 Å². The molecule has 2 aromatic heterocycles. The fourth-order valence-corrected chi connectivity index (χ4v) is 2.81. The molecule has 0 radical (unpaired) electrons. The number of benzene rings is 1. The van der Waals surface area contributed by atoms with E-state index >= 15 is 0 Å². The molecule has 1 aromatic carbocycles. The van der Waals surface area contributed by atoms with Crippen molar-refractivity contribution in [3.8, 4) is 0 Å². The summed E-state index contributed by atoms with van der Waals surface area (Å²) in [6.45, 7) is 2.88. The predicted octanol–water partition coefficient (Wildman–Crippen LogP) is 4.21. The fourth-order valence-electron chi connectivity index (χ4n) is 2.81. The van der Waals surface area contributed by atoms with Crippen LogP contribution < -0.4 is 10.9 Å². The van der Waals surface area contributed by atoms with Crippen LogP contribution >= 0.6 is 0 Å². The molecule has 0 aliphatic heterocycles. The first kappa shape index (κ1) is 17.2. The average Bonchev–Trinajstić information content (AvgIpc) is 2.51. The summed E-state index contributed by atoms with van der Waals surface area (Å²) in [5.74, 6) is -1.37. The van der Waals surface area contributed by atoms with Crippen molar-refractivity contribution in [2.45, 2.75) is 26.1 Å². The summed E-state index contributed by atoms with van der Waals surface area (Å²) in [7, 11) is 0. The first-order valence-electron chi connectivity index (χ1n) is 7.62. The second-order valence-corrected chi connectivity index (χ2v) is 6.12. The van der Waals surface area contributed by atoms with E-state index in [9.17, 15) is 22.4 Å². The van der Waals surface area contributed by atoms with Crippen molar-refractivity contribution in [2.75, 3.05) is 5.32 Å². The van der Waals surface area contributed by atoms with Gasteiger partial charge in [0.2, 0.25) is 0 Å². The number of pyridine rings is 2. The molecule has 1 atom stereocenters. The Morgan fingerprint density at radius 2 is 1.88 bits per heavy atom. The Balaban J connectivity index is 2.29. The van der Waals surface area contributed by atoms with Crippen molar-refractivity contribution in [2.24, 2.45) is 5.92 Å². The lowest BCUT2D eigenvalue weighted by Gasteiger charge is -2.26. The van der Waals surface area contributed by atoms with Gasteiger partial charge in [-0.15, -0.1) is 0 Å². The number of hydrogen-bond donors (Lipinski definition) is 2. The molecule has 0 bridgehead atoms. The van der Waals surface area contributed by atoms with Gasteiger partial charge in [0.1, 0.15) is 17.7 Å². The van der Waals surface area contributed by atoms with Crippen LogP contribution in [0.15, 0.2) is 35.3 Å². The molecule has 0 unspecified atom stereocenters. The average molecular weight is 353 g/mol. The van der Waals surface area contributed by atoms with E-state index in [0.717, 1.165) is 12.1 Å². The maximum atomic E-state index is 13.6. The summed E-state index contributed by atoms with van der Waals surface area (Å²) in [6, 6.07) is 3.24. The van der Waals surface area contributed by atoms with E-state index in [1.54, 1.807) is 0 Å². The normalized spacial score (nSPS) is 13.6. The molecule has 0 fully saturated rings. The van der Waals surface area contributed by atoms with E-state index < -0.39 is 29.5 Å². The zero-order valence-electron chi connectivity index (χ0n) is 13.4. The smallest absolute Gasteiger partial charge is 0.358 e. The Bertz CT molecular complexity index is 995. The molecular formula is C17H15F4N3O. The molecule has 0 spiro atoms. The van der Waals surface area contributed by atoms with Gasteiger partial charge < -0.3 is 10.3 Å². The molecule has 2 heterocycles. The predicted molar refractivity (Wildman–Crippen MR) is 88.1 cm³/mol. The van der Waals surface area contributed by atoms with Gasteiger partial charge in [-0.2, -0.15) is 13.2 Å². The highest BCUT2D eigenvalue weighted by molar-refractivity contribution is 6.09. The Morgan fingerprint density at radius 3 is 2.52 bits per heavy atom. The zero-order valence-corrected chi connectivity index (χ0v) is 13.4. The van der Waals surface area contributed by atoms with E-state index in [1.165, 1.54) is 32.2 Å². The monoisotopic (exact) mass is 353 g/mol. The van der Waals surface area contributed by atoms with Gasteiger partial charge in [0.15, 0.2) is 0 Å². The lowest BCUT2D eigenvalue weighted by atomic mass is 10.0. The lowest BCUT2D eigenvalue weighted by Crippen LogP contribution is -2.40. The molecule has 25 heavy (non-hydrogen) atoms. The fraction of sp³-hybridized carbons (Fsp3) is 0.294. The van der Waals surface area contributed by atoms with E-state index in [2.05, 4.69) is 15.3 Å². The van der Waals surface area contributed by atoms with Gasteiger partial charge in [0.25, 0.3) is 5.56 Å². The molecule has 0 saturated carbocycles. The molecule has 2 N–H and O–H groups in total. The number of aromatic nitrogens is 2. The summed E-state index contributed by atoms with van der Waals surface area (Å²) >= 11 is 0. The second-order valence-electron chi connectivity index (χ2n) is 6.12. The largest absolute Gasteiger partial charge is 0.408 e. The van der Waals surface area contributed by atoms with Gasteiger partial charge in [-0.1, -0.05) is 13.8 Å². The van der Waals surface area contributed by atoms with Crippen LogP contribution in [0.25, 0.3) is 21.7 Å². The Morgan fingerprint density at radius 1 is 1.16 bits per heavy atom. The third-order valence-electron chi connectivity index (χ3n) is 3.99. The number of aromatic amines is 1. The van der Waals surface area contributed by atoms with Crippen LogP contribution in [0.2, 0.25) is 0 Å². The van der Waals surface area contributed by atoms with Crippen LogP contribution in [0.5, 0.6) is 0 Å². The van der Waals surface area contributed by atoms with Gasteiger partial charge in [-0.3, -0.25) is 4.79 Å². The van der Waals surface area contributed by atoms with E-state index in [1.807, 2.05) is 0 Å². The molecule has 132 valence electrons. The quantitative estimate of drug-likeness (QED) is 0.548. The van der Waals surface area contributed by atoms with Crippen molar-refractivity contribution >= 4 is 27.5 Å². The minimum Gasteiger partial charge on any atom is -0.358 e. The lowest BCUT2D eigenvalue weighted by molar-refractivity contribution is -0.150. The first-order valence-corrected chi connectivity index (χ1v) is 7.62.